The van der Waals surface area contributed by atoms with E-state index < -0.39 is 5.25 Å². The Bertz CT molecular complexity index is 592. The number of phenolic OH excluding ortho intramolecular Hbond substituents is 1. The van der Waals surface area contributed by atoms with Crippen molar-refractivity contribution in [2.24, 2.45) is 0 Å². The van der Waals surface area contributed by atoms with Crippen LogP contribution in [0.15, 0.2) is 4.90 Å². The molecule has 0 fully saturated rings. The molecule has 1 aromatic carbocycles. The van der Waals surface area contributed by atoms with Gasteiger partial charge < -0.3 is 9.84 Å². The second-order valence-corrected chi connectivity index (χ2v) is 6.13. The van der Waals surface area contributed by atoms with E-state index in [9.17, 15) is 14.7 Å². The minimum Gasteiger partial charge on any atom is -0.507 e. The van der Waals surface area contributed by atoms with Gasteiger partial charge in [0.1, 0.15) is 11.0 Å². The van der Waals surface area contributed by atoms with Crippen LogP contribution in [0.5, 0.6) is 5.75 Å². The monoisotopic (exact) mass is 294 g/mol. The number of hydrogen-bond acceptors (Lipinski definition) is 5. The van der Waals surface area contributed by atoms with E-state index in [-0.39, 0.29) is 23.9 Å². The number of ketones is 1. The molecule has 0 radical (unpaired) electrons. The summed E-state index contributed by atoms with van der Waals surface area (Å²) in [7, 11) is 0. The van der Waals surface area contributed by atoms with E-state index >= 15 is 0 Å². The van der Waals surface area contributed by atoms with E-state index in [1.807, 2.05) is 13.8 Å². The first-order valence-corrected chi connectivity index (χ1v) is 7.45. The third kappa shape index (κ3) is 2.30. The van der Waals surface area contributed by atoms with Gasteiger partial charge >= 0.3 is 5.97 Å². The molecule has 20 heavy (non-hydrogen) atoms. The van der Waals surface area contributed by atoms with Gasteiger partial charge in [-0.25, -0.2) is 0 Å². The molecule has 1 aliphatic rings. The smallest absolute Gasteiger partial charge is 0.319 e. The second kappa shape index (κ2) is 5.48. The van der Waals surface area contributed by atoms with Crippen LogP contribution in [0.2, 0.25) is 0 Å². The molecule has 1 unspecified atom stereocenters. The summed E-state index contributed by atoms with van der Waals surface area (Å²) in [6.45, 7) is 7.48. The van der Waals surface area contributed by atoms with Crippen molar-refractivity contribution in [3.05, 3.63) is 22.3 Å². The summed E-state index contributed by atoms with van der Waals surface area (Å²) in [5.74, 6) is -0.281. The first-order chi connectivity index (χ1) is 9.38. The molecule has 1 aliphatic heterocycles. The van der Waals surface area contributed by atoms with Gasteiger partial charge in [0.05, 0.1) is 6.61 Å². The molecule has 0 bridgehead atoms. The summed E-state index contributed by atoms with van der Waals surface area (Å²) >= 11 is 1.37. The van der Waals surface area contributed by atoms with Gasteiger partial charge in [-0.05, 0) is 38.8 Å². The first kappa shape index (κ1) is 14.9. The molecule has 0 saturated carbocycles. The van der Waals surface area contributed by atoms with E-state index in [1.165, 1.54) is 11.8 Å². The molecule has 5 heteroatoms. The molecule has 1 atom stereocenters. The molecular weight excluding hydrogens is 276 g/mol. The molecule has 0 saturated heterocycles. The van der Waals surface area contributed by atoms with E-state index in [2.05, 4.69) is 0 Å². The Morgan fingerprint density at radius 3 is 2.55 bits per heavy atom. The number of ether oxygens (including phenoxy) is 1. The Balaban J connectivity index is 2.50. The normalized spacial score (nSPS) is 17.8. The van der Waals surface area contributed by atoms with Crippen molar-refractivity contribution in [1.29, 1.82) is 0 Å². The lowest BCUT2D eigenvalue weighted by Crippen LogP contribution is -2.28. The molecule has 0 spiro atoms. The maximum absolute atomic E-state index is 12.3. The van der Waals surface area contributed by atoms with Gasteiger partial charge in [0, 0.05) is 22.4 Å². The van der Waals surface area contributed by atoms with Crippen molar-refractivity contribution in [3.63, 3.8) is 0 Å². The van der Waals surface area contributed by atoms with Gasteiger partial charge in [-0.2, -0.15) is 0 Å². The van der Waals surface area contributed by atoms with Crippen molar-refractivity contribution >= 4 is 23.5 Å². The summed E-state index contributed by atoms with van der Waals surface area (Å²) in [5, 5.41) is 9.58. The standard InChI is InChI=1S/C15H18O4S/c1-5-19-15(18)11-6-10(16)12-9(4)13(17)7(2)8(3)14(12)20-11/h11,17H,5-6H2,1-4H3. The van der Waals surface area contributed by atoms with Gasteiger partial charge in [-0.3, -0.25) is 9.59 Å². The van der Waals surface area contributed by atoms with Crippen LogP contribution in [-0.4, -0.2) is 28.7 Å². The first-order valence-electron chi connectivity index (χ1n) is 6.57. The predicted molar refractivity (Wildman–Crippen MR) is 77.5 cm³/mol. The van der Waals surface area contributed by atoms with Gasteiger partial charge in [-0.15, -0.1) is 11.8 Å². The lowest BCUT2D eigenvalue weighted by atomic mass is 9.94. The number of rotatable bonds is 2. The van der Waals surface area contributed by atoms with Crippen molar-refractivity contribution in [3.8, 4) is 5.75 Å². The third-order valence-corrected chi connectivity index (χ3v) is 5.06. The fourth-order valence-corrected chi connectivity index (χ4v) is 3.81. The number of fused-ring (bicyclic) bond motifs is 1. The summed E-state index contributed by atoms with van der Waals surface area (Å²) in [4.78, 5) is 25.0. The van der Waals surface area contributed by atoms with Crippen LogP contribution >= 0.6 is 11.8 Å². The molecule has 0 amide bonds. The number of thioether (sulfide) groups is 1. The summed E-state index contributed by atoms with van der Waals surface area (Å²) < 4.78 is 5.01. The molecule has 2 rings (SSSR count). The van der Waals surface area contributed by atoms with Crippen molar-refractivity contribution < 1.29 is 19.4 Å². The number of phenols is 1. The average Bonchev–Trinajstić information content (AvgIpc) is 2.42. The van der Waals surface area contributed by atoms with Crippen molar-refractivity contribution in [2.45, 2.75) is 44.3 Å². The Morgan fingerprint density at radius 2 is 1.95 bits per heavy atom. The van der Waals surface area contributed by atoms with Crippen molar-refractivity contribution in [1.82, 2.24) is 0 Å². The number of carbonyl (C=O) groups is 2. The zero-order valence-corrected chi connectivity index (χ0v) is 12.9. The number of hydrogen-bond donors (Lipinski definition) is 1. The topological polar surface area (TPSA) is 63.6 Å². The molecular formula is C15H18O4S. The lowest BCUT2D eigenvalue weighted by molar-refractivity contribution is -0.142. The molecule has 4 nitrogen and oxygen atoms in total. The van der Waals surface area contributed by atoms with Crippen LogP contribution in [0.4, 0.5) is 0 Å². The summed E-state index contributed by atoms with van der Waals surface area (Å²) in [6.07, 6.45) is 0.124. The summed E-state index contributed by atoms with van der Waals surface area (Å²) in [6, 6.07) is 0. The molecule has 1 N–H and O–H groups in total. The highest BCUT2D eigenvalue weighted by molar-refractivity contribution is 8.00. The third-order valence-electron chi connectivity index (χ3n) is 3.67. The van der Waals surface area contributed by atoms with Gasteiger partial charge in [0.15, 0.2) is 5.78 Å². The largest absolute Gasteiger partial charge is 0.507 e. The van der Waals surface area contributed by atoms with Crippen molar-refractivity contribution in [2.75, 3.05) is 6.61 Å². The van der Waals surface area contributed by atoms with E-state index in [1.54, 1.807) is 13.8 Å². The highest BCUT2D eigenvalue weighted by atomic mass is 32.2. The molecule has 108 valence electrons. The van der Waals surface area contributed by atoms with Crippen LogP contribution < -0.4 is 0 Å². The van der Waals surface area contributed by atoms with Crippen LogP contribution in [0.25, 0.3) is 0 Å². The van der Waals surface area contributed by atoms with Crippen LogP contribution in [0.3, 0.4) is 0 Å². The Morgan fingerprint density at radius 1 is 1.30 bits per heavy atom. The van der Waals surface area contributed by atoms with E-state index in [4.69, 9.17) is 4.74 Å². The van der Waals surface area contributed by atoms with E-state index in [0.29, 0.717) is 17.7 Å². The maximum Gasteiger partial charge on any atom is 0.319 e. The minimum absolute atomic E-state index is 0.104. The molecule has 0 aromatic heterocycles. The minimum atomic E-state index is -0.489. The predicted octanol–water partition coefficient (Wildman–Crippen LogP) is 2.93. The van der Waals surface area contributed by atoms with Gasteiger partial charge in [0.2, 0.25) is 0 Å². The number of aromatic hydroxyl groups is 1. The molecule has 1 aromatic rings. The SMILES string of the molecule is CCOC(=O)C1CC(=O)c2c(C)c(O)c(C)c(C)c2S1. The zero-order valence-electron chi connectivity index (χ0n) is 12.1. The molecule has 0 aliphatic carbocycles. The quantitative estimate of drug-likeness (QED) is 0.850. The van der Waals surface area contributed by atoms with Gasteiger partial charge in [0.25, 0.3) is 0 Å². The second-order valence-electron chi connectivity index (χ2n) is 4.91. The highest BCUT2D eigenvalue weighted by Crippen LogP contribution is 2.44. The Hall–Kier alpha value is -1.49. The number of benzene rings is 1. The average molecular weight is 294 g/mol. The maximum atomic E-state index is 12.3. The zero-order chi connectivity index (χ0) is 15.0. The lowest BCUT2D eigenvalue weighted by Gasteiger charge is -2.26. The van der Waals surface area contributed by atoms with E-state index in [0.717, 1.165) is 16.0 Å². The Labute approximate surface area is 122 Å². The Kier molecular flexibility index (Phi) is 4.09. The van der Waals surface area contributed by atoms with Gasteiger partial charge in [-0.1, -0.05) is 0 Å². The number of Topliss-reactive ketones (excluding diaryl/α,β-unsaturated/α-hetero) is 1. The van der Waals surface area contributed by atoms with Crippen LogP contribution in [0, 0.1) is 20.8 Å². The highest BCUT2D eigenvalue weighted by Gasteiger charge is 2.35. The number of esters is 1. The summed E-state index contributed by atoms with van der Waals surface area (Å²) in [5.41, 5.74) is 2.76. The fourth-order valence-electron chi connectivity index (χ4n) is 2.41. The number of carbonyl (C=O) groups excluding carboxylic acids is 2. The fraction of sp³-hybridized carbons (Fsp3) is 0.467. The van der Waals surface area contributed by atoms with Crippen LogP contribution in [-0.2, 0) is 9.53 Å². The molecule has 1 heterocycles. The van der Waals surface area contributed by atoms with Crippen LogP contribution in [0.1, 0.15) is 40.4 Å².